The molecule has 0 aromatic heterocycles. The van der Waals surface area contributed by atoms with Gasteiger partial charge in [0.15, 0.2) is 0 Å². The smallest absolute Gasteiger partial charge is 0.120 e. The number of aryl methyl sites for hydroxylation is 1. The van der Waals surface area contributed by atoms with E-state index in [1.807, 2.05) is 6.26 Å². The summed E-state index contributed by atoms with van der Waals surface area (Å²) in [5.74, 6) is 0. The van der Waals surface area contributed by atoms with Crippen molar-refractivity contribution in [3.63, 3.8) is 0 Å². The molecule has 1 aromatic carbocycles. The molecule has 0 unspecified atom stereocenters. The lowest BCUT2D eigenvalue weighted by molar-refractivity contribution is -0.107. The Kier molecular flexibility index (Phi) is 4.53. The molecule has 0 N–H and O–H groups in total. The zero-order chi connectivity index (χ0) is 9.68. The first-order valence-corrected chi connectivity index (χ1v) is 6.05. The van der Waals surface area contributed by atoms with E-state index in [-0.39, 0.29) is 0 Å². The van der Waals surface area contributed by atoms with Crippen molar-refractivity contribution in [1.82, 2.24) is 0 Å². The van der Waals surface area contributed by atoms with Crippen LogP contribution in [0.1, 0.15) is 12.0 Å². The summed E-state index contributed by atoms with van der Waals surface area (Å²) in [5.41, 5.74) is 1.20. The Bertz CT molecular complexity index is 299. The van der Waals surface area contributed by atoms with E-state index in [1.165, 1.54) is 10.5 Å². The zero-order valence-corrected chi connectivity index (χ0v) is 9.82. The number of carbonyl (C=O) groups excluding carboxylic acids is 1. The molecule has 1 aromatic rings. The van der Waals surface area contributed by atoms with Crippen LogP contribution in [-0.2, 0) is 11.2 Å². The van der Waals surface area contributed by atoms with E-state index < -0.39 is 0 Å². The largest absolute Gasteiger partial charge is 0.303 e. The summed E-state index contributed by atoms with van der Waals surface area (Å²) in [6.07, 6.45) is 4.41. The van der Waals surface area contributed by atoms with Gasteiger partial charge < -0.3 is 4.79 Å². The molecule has 0 amide bonds. The van der Waals surface area contributed by atoms with Crippen molar-refractivity contribution in [3.05, 3.63) is 28.2 Å². The van der Waals surface area contributed by atoms with Crippen LogP contribution < -0.4 is 0 Å². The number of aldehydes is 1. The SMILES string of the molecule is CSc1ccc(CCC=O)c(Br)c1. The predicted octanol–water partition coefficient (Wildman–Crippen LogP) is 3.30. The number of thioether (sulfide) groups is 1. The van der Waals surface area contributed by atoms with Crippen molar-refractivity contribution in [2.45, 2.75) is 17.7 Å². The van der Waals surface area contributed by atoms with Crippen LogP contribution in [0.2, 0.25) is 0 Å². The second-order valence-corrected chi connectivity index (χ2v) is 4.40. The highest BCUT2D eigenvalue weighted by Gasteiger charge is 2.00. The maximum atomic E-state index is 10.2. The van der Waals surface area contributed by atoms with Crippen LogP contribution in [0.5, 0.6) is 0 Å². The molecule has 0 aliphatic heterocycles. The average molecular weight is 259 g/mol. The maximum absolute atomic E-state index is 10.2. The van der Waals surface area contributed by atoms with E-state index in [9.17, 15) is 4.79 Å². The van der Waals surface area contributed by atoms with Gasteiger partial charge >= 0.3 is 0 Å². The van der Waals surface area contributed by atoms with Gasteiger partial charge in [-0.3, -0.25) is 0 Å². The summed E-state index contributed by atoms with van der Waals surface area (Å²) in [6.45, 7) is 0. The summed E-state index contributed by atoms with van der Waals surface area (Å²) >= 11 is 5.20. The molecule has 0 spiro atoms. The second-order valence-electron chi connectivity index (χ2n) is 2.66. The van der Waals surface area contributed by atoms with Crippen LogP contribution in [0.15, 0.2) is 27.6 Å². The van der Waals surface area contributed by atoms with E-state index in [4.69, 9.17) is 0 Å². The molecular formula is C10H11BrOS. The van der Waals surface area contributed by atoms with Gasteiger partial charge in [-0.1, -0.05) is 22.0 Å². The molecule has 70 valence electrons. The van der Waals surface area contributed by atoms with Gasteiger partial charge in [0.05, 0.1) is 0 Å². The topological polar surface area (TPSA) is 17.1 Å². The fraction of sp³-hybridized carbons (Fsp3) is 0.300. The van der Waals surface area contributed by atoms with Gasteiger partial charge in [-0.05, 0) is 30.4 Å². The minimum absolute atomic E-state index is 0.594. The van der Waals surface area contributed by atoms with Crippen LogP contribution >= 0.6 is 27.7 Å². The fourth-order valence-electron chi connectivity index (χ4n) is 1.07. The normalized spacial score (nSPS) is 10.0. The Morgan fingerprint density at radius 3 is 2.85 bits per heavy atom. The highest BCUT2D eigenvalue weighted by molar-refractivity contribution is 9.10. The summed E-state index contributed by atoms with van der Waals surface area (Å²) < 4.78 is 1.10. The van der Waals surface area contributed by atoms with Gasteiger partial charge in [-0.15, -0.1) is 11.8 Å². The lowest BCUT2D eigenvalue weighted by Gasteiger charge is -2.03. The Morgan fingerprint density at radius 1 is 1.54 bits per heavy atom. The van der Waals surface area contributed by atoms with Crippen LogP contribution in [0.3, 0.4) is 0 Å². The van der Waals surface area contributed by atoms with E-state index in [1.54, 1.807) is 11.8 Å². The Balaban J connectivity index is 2.78. The summed E-state index contributed by atoms with van der Waals surface area (Å²) in [5, 5.41) is 0. The zero-order valence-electron chi connectivity index (χ0n) is 7.42. The quantitative estimate of drug-likeness (QED) is 0.609. The first kappa shape index (κ1) is 10.8. The Labute approximate surface area is 91.0 Å². The number of carbonyl (C=O) groups is 1. The number of benzene rings is 1. The van der Waals surface area contributed by atoms with E-state index in [2.05, 4.69) is 34.1 Å². The molecule has 3 heteroatoms. The van der Waals surface area contributed by atoms with E-state index in [0.717, 1.165) is 17.2 Å². The molecule has 0 aliphatic carbocycles. The molecule has 0 saturated heterocycles. The molecule has 0 heterocycles. The summed E-state index contributed by atoms with van der Waals surface area (Å²) in [6, 6.07) is 6.24. The standard InChI is InChI=1S/C10H11BrOS/c1-13-9-5-4-8(3-2-6-12)10(11)7-9/h4-7H,2-3H2,1H3. The van der Waals surface area contributed by atoms with Crippen molar-refractivity contribution in [2.24, 2.45) is 0 Å². The summed E-state index contributed by atoms with van der Waals surface area (Å²) in [7, 11) is 0. The number of hydrogen-bond donors (Lipinski definition) is 0. The minimum Gasteiger partial charge on any atom is -0.303 e. The van der Waals surface area contributed by atoms with Gasteiger partial charge in [0.1, 0.15) is 6.29 Å². The van der Waals surface area contributed by atoms with Crippen LogP contribution in [0.25, 0.3) is 0 Å². The van der Waals surface area contributed by atoms with E-state index >= 15 is 0 Å². The molecule has 0 bridgehead atoms. The number of rotatable bonds is 4. The van der Waals surface area contributed by atoms with Gasteiger partial charge in [-0.2, -0.15) is 0 Å². The third-order valence-corrected chi connectivity index (χ3v) is 3.26. The molecule has 0 saturated carbocycles. The molecule has 0 atom stereocenters. The van der Waals surface area contributed by atoms with Crippen LogP contribution in [0.4, 0.5) is 0 Å². The molecule has 0 radical (unpaired) electrons. The van der Waals surface area contributed by atoms with Crippen molar-refractivity contribution in [2.75, 3.05) is 6.26 Å². The lowest BCUT2D eigenvalue weighted by atomic mass is 10.1. The van der Waals surface area contributed by atoms with Crippen LogP contribution in [-0.4, -0.2) is 12.5 Å². The summed E-state index contributed by atoms with van der Waals surface area (Å²) in [4.78, 5) is 11.4. The predicted molar refractivity (Wildman–Crippen MR) is 60.3 cm³/mol. The average Bonchev–Trinajstić information content (AvgIpc) is 2.16. The van der Waals surface area contributed by atoms with Gasteiger partial charge in [0.25, 0.3) is 0 Å². The highest BCUT2D eigenvalue weighted by atomic mass is 79.9. The fourth-order valence-corrected chi connectivity index (χ4v) is 2.24. The lowest BCUT2D eigenvalue weighted by Crippen LogP contribution is -1.87. The van der Waals surface area contributed by atoms with Gasteiger partial charge in [0, 0.05) is 15.8 Å². The monoisotopic (exact) mass is 258 g/mol. The first-order valence-electron chi connectivity index (χ1n) is 4.04. The van der Waals surface area contributed by atoms with Gasteiger partial charge in [0.2, 0.25) is 0 Å². The Hall–Kier alpha value is -0.280. The Morgan fingerprint density at radius 2 is 2.31 bits per heavy atom. The molecule has 13 heavy (non-hydrogen) atoms. The highest BCUT2D eigenvalue weighted by Crippen LogP contribution is 2.24. The van der Waals surface area contributed by atoms with Crippen LogP contribution in [0, 0.1) is 0 Å². The van der Waals surface area contributed by atoms with Crippen molar-refractivity contribution >= 4 is 34.0 Å². The third-order valence-electron chi connectivity index (χ3n) is 1.79. The number of hydrogen-bond acceptors (Lipinski definition) is 2. The molecular weight excluding hydrogens is 248 g/mol. The van der Waals surface area contributed by atoms with E-state index in [0.29, 0.717) is 6.42 Å². The van der Waals surface area contributed by atoms with Crippen molar-refractivity contribution in [1.29, 1.82) is 0 Å². The number of halogens is 1. The molecule has 0 fully saturated rings. The molecule has 1 nitrogen and oxygen atoms in total. The second kappa shape index (κ2) is 5.45. The van der Waals surface area contributed by atoms with Crippen molar-refractivity contribution in [3.8, 4) is 0 Å². The maximum Gasteiger partial charge on any atom is 0.120 e. The van der Waals surface area contributed by atoms with Gasteiger partial charge in [-0.25, -0.2) is 0 Å². The minimum atomic E-state index is 0.594. The van der Waals surface area contributed by atoms with Crippen molar-refractivity contribution < 1.29 is 4.79 Å². The molecule has 0 aliphatic rings. The first-order chi connectivity index (χ1) is 6.27. The third kappa shape index (κ3) is 3.16. The molecule has 1 rings (SSSR count).